The van der Waals surface area contributed by atoms with Crippen LogP contribution in [0.15, 0.2) is 54.6 Å². The number of hydrogen-bond acceptors (Lipinski definition) is 3. The zero-order valence-electron chi connectivity index (χ0n) is 13.8. The molecule has 1 amide bonds. The van der Waals surface area contributed by atoms with Crippen molar-refractivity contribution in [3.8, 4) is 0 Å². The lowest BCUT2D eigenvalue weighted by molar-refractivity contribution is -0.125. The lowest BCUT2D eigenvalue weighted by Gasteiger charge is -2.27. The second-order valence-electron chi connectivity index (χ2n) is 6.05. The summed E-state index contributed by atoms with van der Waals surface area (Å²) in [5, 5.41) is 6.43. The van der Waals surface area contributed by atoms with Crippen LogP contribution in [0.25, 0.3) is 0 Å². The van der Waals surface area contributed by atoms with E-state index in [1.165, 1.54) is 16.7 Å². The Morgan fingerprint density at radius 1 is 1.12 bits per heavy atom. The topological polar surface area (TPSA) is 50.4 Å². The van der Waals surface area contributed by atoms with Gasteiger partial charge in [0.05, 0.1) is 6.61 Å². The van der Waals surface area contributed by atoms with Crippen LogP contribution in [-0.4, -0.2) is 32.2 Å². The molecule has 0 spiro atoms. The van der Waals surface area contributed by atoms with Gasteiger partial charge in [0.25, 0.3) is 0 Å². The van der Waals surface area contributed by atoms with Crippen LogP contribution in [-0.2, 0) is 22.4 Å². The van der Waals surface area contributed by atoms with E-state index in [9.17, 15) is 4.79 Å². The first-order valence-corrected chi connectivity index (χ1v) is 8.52. The summed E-state index contributed by atoms with van der Waals surface area (Å²) in [6.07, 6.45) is 1.87. The maximum absolute atomic E-state index is 11.9. The summed E-state index contributed by atoms with van der Waals surface area (Å²) in [5.41, 5.74) is 3.88. The van der Waals surface area contributed by atoms with Crippen molar-refractivity contribution in [3.05, 3.63) is 71.3 Å². The molecule has 24 heavy (non-hydrogen) atoms. The van der Waals surface area contributed by atoms with E-state index >= 15 is 0 Å². The van der Waals surface area contributed by atoms with Crippen molar-refractivity contribution < 1.29 is 9.53 Å². The van der Waals surface area contributed by atoms with Crippen LogP contribution in [0, 0.1) is 0 Å². The lowest BCUT2D eigenvalue weighted by Crippen LogP contribution is -2.40. The van der Waals surface area contributed by atoms with E-state index in [4.69, 9.17) is 4.74 Å². The van der Waals surface area contributed by atoms with E-state index in [1.54, 1.807) is 0 Å². The van der Waals surface area contributed by atoms with Gasteiger partial charge in [0, 0.05) is 12.6 Å². The van der Waals surface area contributed by atoms with Gasteiger partial charge in [-0.1, -0.05) is 54.6 Å². The standard InChI is InChI=1S/C20H24N2O2/c23-20(15-24-13-11-16-6-2-1-3-7-16)22-14-19-18-9-5-4-8-17(18)10-12-21-19/h1-9,19,21H,10-15H2,(H,22,23). The predicted molar refractivity (Wildman–Crippen MR) is 94.9 cm³/mol. The van der Waals surface area contributed by atoms with Gasteiger partial charge in [-0.05, 0) is 36.1 Å². The Hall–Kier alpha value is -2.17. The van der Waals surface area contributed by atoms with E-state index in [0.717, 1.165) is 19.4 Å². The van der Waals surface area contributed by atoms with E-state index in [2.05, 4.69) is 41.0 Å². The zero-order valence-corrected chi connectivity index (χ0v) is 13.8. The minimum atomic E-state index is -0.0621. The Morgan fingerprint density at radius 3 is 2.79 bits per heavy atom. The fourth-order valence-corrected chi connectivity index (χ4v) is 3.04. The van der Waals surface area contributed by atoms with Crippen LogP contribution in [0.5, 0.6) is 0 Å². The molecule has 2 aromatic carbocycles. The molecule has 0 radical (unpaired) electrons. The van der Waals surface area contributed by atoms with E-state index < -0.39 is 0 Å². The van der Waals surface area contributed by atoms with Crippen molar-refractivity contribution in [3.63, 3.8) is 0 Å². The summed E-state index contributed by atoms with van der Waals surface area (Å²) in [4.78, 5) is 11.9. The molecule has 2 aromatic rings. The third-order valence-corrected chi connectivity index (χ3v) is 4.33. The third kappa shape index (κ3) is 4.66. The van der Waals surface area contributed by atoms with Crippen LogP contribution in [0.4, 0.5) is 0 Å². The Balaban J connectivity index is 1.37. The number of hydrogen-bond donors (Lipinski definition) is 2. The lowest BCUT2D eigenvalue weighted by atomic mass is 9.94. The van der Waals surface area contributed by atoms with Crippen molar-refractivity contribution in [2.24, 2.45) is 0 Å². The van der Waals surface area contributed by atoms with Crippen LogP contribution in [0.2, 0.25) is 0 Å². The number of ether oxygens (including phenoxy) is 1. The number of carbonyl (C=O) groups excluding carboxylic acids is 1. The molecule has 0 aromatic heterocycles. The summed E-state index contributed by atoms with van der Waals surface area (Å²) in [6.45, 7) is 2.21. The van der Waals surface area contributed by atoms with Crippen molar-refractivity contribution >= 4 is 5.91 Å². The quantitative estimate of drug-likeness (QED) is 0.768. The van der Waals surface area contributed by atoms with Crippen molar-refractivity contribution in [2.75, 3.05) is 26.3 Å². The minimum Gasteiger partial charge on any atom is -0.371 e. The second-order valence-corrected chi connectivity index (χ2v) is 6.05. The van der Waals surface area contributed by atoms with Gasteiger partial charge in [0.1, 0.15) is 6.61 Å². The van der Waals surface area contributed by atoms with E-state index in [0.29, 0.717) is 13.2 Å². The van der Waals surface area contributed by atoms with E-state index in [1.807, 2.05) is 24.3 Å². The summed E-state index contributed by atoms with van der Waals surface area (Å²) in [5.74, 6) is -0.0621. The maximum atomic E-state index is 11.9. The first-order chi connectivity index (χ1) is 11.8. The summed E-state index contributed by atoms with van der Waals surface area (Å²) >= 11 is 0. The number of nitrogens with one attached hydrogen (secondary N) is 2. The Morgan fingerprint density at radius 2 is 1.92 bits per heavy atom. The largest absolute Gasteiger partial charge is 0.371 e. The maximum Gasteiger partial charge on any atom is 0.246 e. The summed E-state index contributed by atoms with van der Waals surface area (Å²) in [6, 6.07) is 18.7. The van der Waals surface area contributed by atoms with Gasteiger partial charge in [0.15, 0.2) is 0 Å². The molecular formula is C20H24N2O2. The predicted octanol–water partition coefficient (Wildman–Crippen LogP) is 2.25. The van der Waals surface area contributed by atoms with Gasteiger partial charge in [-0.3, -0.25) is 4.79 Å². The molecule has 4 nitrogen and oxygen atoms in total. The molecule has 0 saturated heterocycles. The van der Waals surface area contributed by atoms with Crippen molar-refractivity contribution in [1.29, 1.82) is 0 Å². The average Bonchev–Trinajstić information content (AvgIpc) is 2.64. The second kappa shape index (κ2) is 8.62. The van der Waals surface area contributed by atoms with Crippen LogP contribution < -0.4 is 10.6 Å². The van der Waals surface area contributed by atoms with Gasteiger partial charge >= 0.3 is 0 Å². The number of benzene rings is 2. The summed E-state index contributed by atoms with van der Waals surface area (Å²) < 4.78 is 5.48. The molecule has 0 aliphatic carbocycles. The van der Waals surface area contributed by atoms with Gasteiger partial charge in [-0.15, -0.1) is 0 Å². The molecule has 3 rings (SSSR count). The number of rotatable bonds is 7. The van der Waals surface area contributed by atoms with Crippen molar-refractivity contribution in [2.45, 2.75) is 18.9 Å². The molecule has 0 saturated carbocycles. The first kappa shape index (κ1) is 16.7. The molecule has 1 heterocycles. The Labute approximate surface area is 143 Å². The number of amides is 1. The SMILES string of the molecule is O=C(COCCc1ccccc1)NCC1NCCc2ccccc21. The highest BCUT2D eigenvalue weighted by atomic mass is 16.5. The molecule has 1 unspecified atom stereocenters. The van der Waals surface area contributed by atoms with Gasteiger partial charge in [-0.25, -0.2) is 0 Å². The molecule has 0 fully saturated rings. The monoisotopic (exact) mass is 324 g/mol. The van der Waals surface area contributed by atoms with Gasteiger partial charge < -0.3 is 15.4 Å². The third-order valence-electron chi connectivity index (χ3n) is 4.33. The first-order valence-electron chi connectivity index (χ1n) is 8.52. The molecule has 2 N–H and O–H groups in total. The molecule has 0 bridgehead atoms. The number of carbonyl (C=O) groups is 1. The van der Waals surface area contributed by atoms with E-state index in [-0.39, 0.29) is 18.6 Å². The fourth-order valence-electron chi connectivity index (χ4n) is 3.04. The molecule has 126 valence electrons. The Kier molecular flexibility index (Phi) is 5.99. The highest BCUT2D eigenvalue weighted by Gasteiger charge is 2.19. The smallest absolute Gasteiger partial charge is 0.246 e. The molecule has 1 atom stereocenters. The molecule has 1 aliphatic heterocycles. The zero-order chi connectivity index (χ0) is 16.6. The number of fused-ring (bicyclic) bond motifs is 1. The van der Waals surface area contributed by atoms with Crippen LogP contribution in [0.1, 0.15) is 22.7 Å². The van der Waals surface area contributed by atoms with Crippen LogP contribution >= 0.6 is 0 Å². The van der Waals surface area contributed by atoms with Gasteiger partial charge in [0.2, 0.25) is 5.91 Å². The van der Waals surface area contributed by atoms with Gasteiger partial charge in [-0.2, -0.15) is 0 Å². The average molecular weight is 324 g/mol. The fraction of sp³-hybridized carbons (Fsp3) is 0.350. The molecule has 4 heteroatoms. The highest BCUT2D eigenvalue weighted by molar-refractivity contribution is 5.77. The normalized spacial score (nSPS) is 16.4. The highest BCUT2D eigenvalue weighted by Crippen LogP contribution is 2.21. The molecular weight excluding hydrogens is 300 g/mol. The Bertz CT molecular complexity index is 658. The van der Waals surface area contributed by atoms with Crippen LogP contribution in [0.3, 0.4) is 0 Å². The van der Waals surface area contributed by atoms with Crippen molar-refractivity contribution in [1.82, 2.24) is 10.6 Å². The molecule has 1 aliphatic rings. The summed E-state index contributed by atoms with van der Waals surface area (Å²) in [7, 11) is 0. The minimum absolute atomic E-state index is 0.0621.